The van der Waals surface area contributed by atoms with E-state index in [4.69, 9.17) is 14.0 Å². The maximum Gasteiger partial charge on any atom is 0.228 e. The molecule has 0 radical (unpaired) electrons. The summed E-state index contributed by atoms with van der Waals surface area (Å²) in [6.45, 7) is 1.63. The van der Waals surface area contributed by atoms with E-state index in [9.17, 15) is 9.18 Å². The molecular formula is C23H23FN2O4. The molecule has 4 rings (SSSR count). The molecule has 30 heavy (non-hydrogen) atoms. The minimum Gasteiger partial charge on any atom is -0.490 e. The molecule has 1 saturated heterocycles. The van der Waals surface area contributed by atoms with Gasteiger partial charge in [0.15, 0.2) is 0 Å². The van der Waals surface area contributed by atoms with E-state index in [-0.39, 0.29) is 24.2 Å². The molecule has 1 aliphatic rings. The van der Waals surface area contributed by atoms with E-state index in [0.29, 0.717) is 31.1 Å². The quantitative estimate of drug-likeness (QED) is 0.589. The molecule has 2 heterocycles. The van der Waals surface area contributed by atoms with Crippen molar-refractivity contribution in [2.75, 3.05) is 13.1 Å². The number of benzene rings is 2. The fourth-order valence-corrected chi connectivity index (χ4v) is 3.42. The second-order valence-electron chi connectivity index (χ2n) is 7.26. The minimum atomic E-state index is -0.272. The van der Waals surface area contributed by atoms with Gasteiger partial charge in [-0.1, -0.05) is 17.3 Å². The minimum absolute atomic E-state index is 0.0575. The summed E-state index contributed by atoms with van der Waals surface area (Å²) in [5.41, 5.74) is 1.43. The van der Waals surface area contributed by atoms with E-state index in [0.717, 1.165) is 24.2 Å². The fraction of sp³-hybridized carbons (Fsp3) is 0.304. The van der Waals surface area contributed by atoms with Crippen molar-refractivity contribution in [1.82, 2.24) is 10.1 Å². The maximum absolute atomic E-state index is 13.2. The number of piperidine rings is 1. The van der Waals surface area contributed by atoms with Gasteiger partial charge in [-0.25, -0.2) is 4.39 Å². The molecule has 0 atom stereocenters. The summed E-state index contributed by atoms with van der Waals surface area (Å²) in [5, 5.41) is 3.79. The van der Waals surface area contributed by atoms with Crippen molar-refractivity contribution in [3.63, 3.8) is 0 Å². The van der Waals surface area contributed by atoms with Gasteiger partial charge in [0.25, 0.3) is 0 Å². The van der Waals surface area contributed by atoms with Crippen molar-refractivity contribution in [3.05, 3.63) is 77.9 Å². The predicted octanol–water partition coefficient (Wildman–Crippen LogP) is 4.01. The molecule has 0 spiro atoms. The third-order valence-corrected chi connectivity index (χ3v) is 5.04. The van der Waals surface area contributed by atoms with Crippen LogP contribution < -0.4 is 9.47 Å². The number of ether oxygens (including phenoxy) is 2. The molecule has 6 nitrogen and oxygen atoms in total. The zero-order valence-electron chi connectivity index (χ0n) is 16.5. The molecule has 0 bridgehead atoms. The summed E-state index contributed by atoms with van der Waals surface area (Å²) in [6, 6.07) is 15.5. The fourth-order valence-electron chi connectivity index (χ4n) is 3.42. The Morgan fingerprint density at radius 3 is 2.57 bits per heavy atom. The molecule has 0 aliphatic carbocycles. The van der Waals surface area contributed by atoms with E-state index < -0.39 is 0 Å². The van der Waals surface area contributed by atoms with Gasteiger partial charge in [-0.2, -0.15) is 0 Å². The van der Waals surface area contributed by atoms with Gasteiger partial charge >= 0.3 is 0 Å². The Morgan fingerprint density at radius 2 is 1.87 bits per heavy atom. The second-order valence-corrected chi connectivity index (χ2v) is 7.26. The number of halogens is 1. The first-order valence-electron chi connectivity index (χ1n) is 9.97. The van der Waals surface area contributed by atoms with Crippen LogP contribution in [0, 0.1) is 5.82 Å². The highest BCUT2D eigenvalue weighted by molar-refractivity contribution is 5.78. The predicted molar refractivity (Wildman–Crippen MR) is 108 cm³/mol. The van der Waals surface area contributed by atoms with E-state index in [1.54, 1.807) is 12.1 Å². The van der Waals surface area contributed by atoms with Crippen molar-refractivity contribution in [2.24, 2.45) is 0 Å². The zero-order chi connectivity index (χ0) is 20.8. The van der Waals surface area contributed by atoms with Crippen LogP contribution in [0.25, 0.3) is 0 Å². The normalized spacial score (nSPS) is 14.5. The van der Waals surface area contributed by atoms with Crippen molar-refractivity contribution in [1.29, 1.82) is 0 Å². The topological polar surface area (TPSA) is 64.8 Å². The van der Waals surface area contributed by atoms with Crippen LogP contribution in [-0.4, -0.2) is 35.2 Å². The summed E-state index contributed by atoms with van der Waals surface area (Å²) >= 11 is 0. The first-order chi connectivity index (χ1) is 14.7. The lowest BCUT2D eigenvalue weighted by atomic mass is 10.1. The molecule has 1 aromatic heterocycles. The molecule has 0 N–H and O–H groups in total. The lowest BCUT2D eigenvalue weighted by Crippen LogP contribution is -2.42. The van der Waals surface area contributed by atoms with Crippen molar-refractivity contribution >= 4 is 5.91 Å². The van der Waals surface area contributed by atoms with Gasteiger partial charge in [-0.3, -0.25) is 4.79 Å². The Balaban J connectivity index is 1.22. The average Bonchev–Trinajstić information content (AvgIpc) is 3.27. The Hall–Kier alpha value is -3.35. The summed E-state index contributed by atoms with van der Waals surface area (Å²) in [6.07, 6.45) is 3.37. The number of hydrogen-bond donors (Lipinski definition) is 0. The first-order valence-corrected chi connectivity index (χ1v) is 9.97. The zero-order valence-corrected chi connectivity index (χ0v) is 16.5. The van der Waals surface area contributed by atoms with E-state index in [2.05, 4.69) is 5.16 Å². The molecule has 3 aromatic rings. The largest absolute Gasteiger partial charge is 0.490 e. The third-order valence-electron chi connectivity index (χ3n) is 5.04. The number of hydrogen-bond acceptors (Lipinski definition) is 5. The van der Waals surface area contributed by atoms with Crippen LogP contribution >= 0.6 is 0 Å². The van der Waals surface area contributed by atoms with Crippen molar-refractivity contribution < 1.29 is 23.2 Å². The molecule has 1 aliphatic heterocycles. The van der Waals surface area contributed by atoms with Crippen LogP contribution in [0.2, 0.25) is 0 Å². The van der Waals surface area contributed by atoms with Gasteiger partial charge < -0.3 is 18.9 Å². The van der Waals surface area contributed by atoms with Crippen molar-refractivity contribution in [2.45, 2.75) is 32.0 Å². The van der Waals surface area contributed by atoms with Gasteiger partial charge in [0.2, 0.25) is 5.91 Å². The summed E-state index contributed by atoms with van der Waals surface area (Å²) in [5.74, 6) is 1.24. The van der Waals surface area contributed by atoms with Crippen molar-refractivity contribution in [3.8, 4) is 11.5 Å². The van der Waals surface area contributed by atoms with Gasteiger partial charge in [0.05, 0.1) is 12.1 Å². The number of likely N-dealkylation sites (tertiary alicyclic amines) is 1. The first kappa shape index (κ1) is 19.9. The van der Waals surface area contributed by atoms with Crippen LogP contribution in [0.5, 0.6) is 11.5 Å². The Labute approximate surface area is 174 Å². The number of rotatable bonds is 7. The standard InChI is InChI=1S/C23H23FN2O4/c24-18-3-1-2-17(14-18)16-28-20-4-6-21(7-5-20)30-22-8-11-26(12-9-22)23(27)15-19-10-13-29-25-19/h1-7,10,13-14,22H,8-9,11-12,15-16H2. The molecule has 0 unspecified atom stereocenters. The van der Waals surface area contributed by atoms with Gasteiger partial charge in [-0.05, 0) is 42.0 Å². The third kappa shape index (κ3) is 5.37. The molecule has 2 aromatic carbocycles. The average molecular weight is 410 g/mol. The summed E-state index contributed by atoms with van der Waals surface area (Å²) < 4.78 is 29.7. The van der Waals surface area contributed by atoms with Gasteiger partial charge in [0, 0.05) is 32.0 Å². The van der Waals surface area contributed by atoms with E-state index >= 15 is 0 Å². The molecule has 0 saturated carbocycles. The van der Waals surface area contributed by atoms with E-state index in [1.807, 2.05) is 35.2 Å². The van der Waals surface area contributed by atoms with Crippen LogP contribution in [-0.2, 0) is 17.8 Å². The SMILES string of the molecule is O=C(Cc1ccon1)N1CCC(Oc2ccc(OCc3cccc(F)c3)cc2)CC1. The Morgan fingerprint density at radius 1 is 1.10 bits per heavy atom. The number of nitrogens with zero attached hydrogens (tertiary/aromatic N) is 2. The number of aromatic nitrogens is 1. The molecule has 1 amide bonds. The van der Waals surface area contributed by atoms with Crippen LogP contribution in [0.4, 0.5) is 4.39 Å². The highest BCUT2D eigenvalue weighted by Gasteiger charge is 2.24. The lowest BCUT2D eigenvalue weighted by Gasteiger charge is -2.32. The van der Waals surface area contributed by atoms with Gasteiger partial charge in [0.1, 0.15) is 36.3 Å². The smallest absolute Gasteiger partial charge is 0.228 e. The number of carbonyl (C=O) groups excluding carboxylic acids is 1. The van der Waals surface area contributed by atoms with Gasteiger partial charge in [-0.15, -0.1) is 0 Å². The highest BCUT2D eigenvalue weighted by atomic mass is 19.1. The number of amides is 1. The van der Waals surface area contributed by atoms with Crippen LogP contribution in [0.1, 0.15) is 24.1 Å². The van der Waals surface area contributed by atoms with E-state index in [1.165, 1.54) is 18.4 Å². The summed E-state index contributed by atoms with van der Waals surface area (Å²) in [4.78, 5) is 14.2. The highest BCUT2D eigenvalue weighted by Crippen LogP contribution is 2.23. The Bertz CT molecular complexity index is 952. The maximum atomic E-state index is 13.2. The monoisotopic (exact) mass is 410 g/mol. The molecule has 7 heteroatoms. The summed E-state index contributed by atoms with van der Waals surface area (Å²) in [7, 11) is 0. The molecular weight excluding hydrogens is 387 g/mol. The Kier molecular flexibility index (Phi) is 6.27. The molecule has 156 valence electrons. The number of carbonyl (C=O) groups is 1. The lowest BCUT2D eigenvalue weighted by molar-refractivity contribution is -0.132. The second kappa shape index (κ2) is 9.43. The van der Waals surface area contributed by atoms with Crippen LogP contribution in [0.15, 0.2) is 65.4 Å². The molecule has 1 fully saturated rings. The van der Waals surface area contributed by atoms with Crippen LogP contribution in [0.3, 0.4) is 0 Å².